The lowest BCUT2D eigenvalue weighted by molar-refractivity contribution is -0.137. The molecule has 1 rings (SSSR count). The van der Waals surface area contributed by atoms with Crippen molar-refractivity contribution in [3.05, 3.63) is 61.3 Å². The second-order valence-electron chi connectivity index (χ2n) is 4.93. The maximum Gasteiger partial charge on any atom is 0.330 e. The quantitative estimate of drug-likeness (QED) is 0.329. The van der Waals surface area contributed by atoms with Gasteiger partial charge >= 0.3 is 5.97 Å². The fraction of sp³-hybridized carbons (Fsp3) is 0.278. The lowest BCUT2D eigenvalue weighted by Gasteiger charge is -1.96. The first-order valence-electron chi connectivity index (χ1n) is 7.17. The van der Waals surface area contributed by atoms with Crippen molar-refractivity contribution in [2.45, 2.75) is 27.7 Å². The maximum atomic E-state index is 11.3. The minimum Gasteiger partial charge on any atom is -0.463 e. The van der Waals surface area contributed by atoms with Crippen molar-refractivity contribution in [1.82, 2.24) is 0 Å². The fourth-order valence-corrected chi connectivity index (χ4v) is 3.33. The lowest BCUT2D eigenvalue weighted by Crippen LogP contribution is -1.99. The smallest absolute Gasteiger partial charge is 0.330 e. The number of carbonyl (C=O) groups excluding carboxylic acids is 1. The molecular weight excluding hydrogens is 351 g/mol. The molecule has 0 unspecified atom stereocenters. The predicted octanol–water partition coefficient (Wildman–Crippen LogP) is 6.39. The summed E-state index contributed by atoms with van der Waals surface area (Å²) in [5.41, 5.74) is 3.84. The molecule has 0 bridgehead atoms. The van der Waals surface area contributed by atoms with Crippen LogP contribution in [0.15, 0.2) is 41.5 Å². The zero-order valence-corrected chi connectivity index (χ0v) is 16.0. The highest BCUT2D eigenvalue weighted by Crippen LogP contribution is 2.36. The van der Waals surface area contributed by atoms with E-state index in [1.165, 1.54) is 17.4 Å². The number of esters is 1. The molecular formula is C18H20Cl2O2S. The van der Waals surface area contributed by atoms with Crippen molar-refractivity contribution in [3.63, 3.8) is 0 Å². The highest BCUT2D eigenvalue weighted by atomic mass is 35.5. The van der Waals surface area contributed by atoms with Crippen LogP contribution in [-0.4, -0.2) is 12.6 Å². The van der Waals surface area contributed by atoms with E-state index in [1.807, 2.05) is 51.2 Å². The number of hydrogen-bond acceptors (Lipinski definition) is 3. The Morgan fingerprint density at radius 2 is 1.87 bits per heavy atom. The van der Waals surface area contributed by atoms with Gasteiger partial charge in [0.05, 0.1) is 10.9 Å². The first-order valence-corrected chi connectivity index (χ1v) is 8.74. The van der Waals surface area contributed by atoms with Gasteiger partial charge < -0.3 is 4.74 Å². The van der Waals surface area contributed by atoms with Crippen molar-refractivity contribution in [2.24, 2.45) is 0 Å². The summed E-state index contributed by atoms with van der Waals surface area (Å²) in [4.78, 5) is 11.3. The molecule has 0 atom stereocenters. The molecule has 5 heteroatoms. The molecule has 23 heavy (non-hydrogen) atoms. The number of carbonyl (C=O) groups is 1. The summed E-state index contributed by atoms with van der Waals surface area (Å²) in [5.74, 6) is -0.324. The third-order valence-electron chi connectivity index (χ3n) is 2.95. The van der Waals surface area contributed by atoms with Gasteiger partial charge in [-0.1, -0.05) is 59.2 Å². The zero-order valence-electron chi connectivity index (χ0n) is 13.7. The zero-order chi connectivity index (χ0) is 17.4. The van der Waals surface area contributed by atoms with Crippen LogP contribution < -0.4 is 0 Å². The van der Waals surface area contributed by atoms with E-state index in [1.54, 1.807) is 6.92 Å². The average molecular weight is 371 g/mol. The standard InChI is InChI=1S/C18H20Cl2O2S/c1-5-22-16(21)11-13(3)8-6-7-12(2)9-10-15-14(4)17(19)23-18(15)20/h6-11H,5H2,1-4H3/b8-6+,10-9+,12-7+,13-11+. The Labute approximate surface area is 151 Å². The molecule has 0 aliphatic heterocycles. The second-order valence-corrected chi connectivity index (χ2v) is 7.16. The molecule has 1 aromatic rings. The van der Waals surface area contributed by atoms with Crippen molar-refractivity contribution >= 4 is 46.6 Å². The van der Waals surface area contributed by atoms with E-state index >= 15 is 0 Å². The summed E-state index contributed by atoms with van der Waals surface area (Å²) in [6, 6.07) is 0. The Bertz CT molecular complexity index is 679. The van der Waals surface area contributed by atoms with Crippen LogP contribution >= 0.6 is 34.5 Å². The van der Waals surface area contributed by atoms with Crippen LogP contribution in [0, 0.1) is 6.92 Å². The van der Waals surface area contributed by atoms with Gasteiger partial charge in [0.25, 0.3) is 0 Å². The maximum absolute atomic E-state index is 11.3. The third-order valence-corrected chi connectivity index (χ3v) is 4.79. The van der Waals surface area contributed by atoms with Crippen molar-refractivity contribution in [1.29, 1.82) is 0 Å². The van der Waals surface area contributed by atoms with Crippen molar-refractivity contribution in [2.75, 3.05) is 6.61 Å². The van der Waals surface area contributed by atoms with Gasteiger partial charge in [0.2, 0.25) is 0 Å². The first-order chi connectivity index (χ1) is 10.8. The summed E-state index contributed by atoms with van der Waals surface area (Å²) in [7, 11) is 0. The topological polar surface area (TPSA) is 26.3 Å². The molecule has 1 aromatic heterocycles. The summed E-state index contributed by atoms with van der Waals surface area (Å²) < 4.78 is 6.27. The largest absolute Gasteiger partial charge is 0.463 e. The van der Waals surface area contributed by atoms with Crippen LogP contribution in [0.3, 0.4) is 0 Å². The van der Waals surface area contributed by atoms with Crippen molar-refractivity contribution < 1.29 is 9.53 Å². The van der Waals surface area contributed by atoms with E-state index in [0.717, 1.165) is 26.6 Å². The van der Waals surface area contributed by atoms with Gasteiger partial charge in [0, 0.05) is 11.6 Å². The fourth-order valence-electron chi connectivity index (χ4n) is 1.69. The van der Waals surface area contributed by atoms with Crippen LogP contribution in [0.2, 0.25) is 8.67 Å². The number of thiophene rings is 1. The average Bonchev–Trinajstić information content (AvgIpc) is 2.70. The van der Waals surface area contributed by atoms with E-state index in [-0.39, 0.29) is 5.97 Å². The Kier molecular flexibility index (Phi) is 8.38. The monoisotopic (exact) mass is 370 g/mol. The summed E-state index contributed by atoms with van der Waals surface area (Å²) in [6.45, 7) is 7.95. The molecule has 0 aliphatic carbocycles. The number of ether oxygens (including phenoxy) is 1. The molecule has 0 amide bonds. The van der Waals surface area contributed by atoms with Crippen LogP contribution in [0.25, 0.3) is 6.08 Å². The molecule has 0 radical (unpaired) electrons. The molecule has 0 fully saturated rings. The summed E-state index contributed by atoms with van der Waals surface area (Å²) in [5, 5.41) is 0. The van der Waals surface area contributed by atoms with Gasteiger partial charge in [-0.15, -0.1) is 11.3 Å². The minimum atomic E-state index is -0.324. The summed E-state index contributed by atoms with van der Waals surface area (Å²) in [6.07, 6.45) is 11.1. The van der Waals surface area contributed by atoms with E-state index in [4.69, 9.17) is 27.9 Å². The summed E-state index contributed by atoms with van der Waals surface area (Å²) >= 11 is 13.6. The van der Waals surface area contributed by atoms with Crippen LogP contribution in [0.4, 0.5) is 0 Å². The number of rotatable bonds is 6. The highest BCUT2D eigenvalue weighted by Gasteiger charge is 2.08. The van der Waals surface area contributed by atoms with E-state index < -0.39 is 0 Å². The second kappa shape index (κ2) is 9.76. The van der Waals surface area contributed by atoms with Gasteiger partial charge in [-0.2, -0.15) is 0 Å². The van der Waals surface area contributed by atoms with Gasteiger partial charge in [-0.3, -0.25) is 0 Å². The Morgan fingerprint density at radius 1 is 1.17 bits per heavy atom. The molecule has 124 valence electrons. The van der Waals surface area contributed by atoms with Crippen molar-refractivity contribution in [3.8, 4) is 0 Å². The first kappa shape index (κ1) is 19.8. The van der Waals surface area contributed by atoms with Crippen LogP contribution in [0.1, 0.15) is 31.9 Å². The van der Waals surface area contributed by atoms with Gasteiger partial charge in [-0.05, 0) is 38.8 Å². The molecule has 0 saturated carbocycles. The molecule has 1 heterocycles. The molecule has 0 aromatic carbocycles. The predicted molar refractivity (Wildman–Crippen MR) is 101 cm³/mol. The number of halogens is 2. The van der Waals surface area contributed by atoms with E-state index in [9.17, 15) is 4.79 Å². The Hall–Kier alpha value is -1.29. The van der Waals surface area contributed by atoms with Gasteiger partial charge in [0.1, 0.15) is 4.34 Å². The Balaban J connectivity index is 2.72. The van der Waals surface area contributed by atoms with E-state index in [0.29, 0.717) is 10.9 Å². The minimum absolute atomic E-state index is 0.324. The van der Waals surface area contributed by atoms with Gasteiger partial charge in [0.15, 0.2) is 0 Å². The normalized spacial score (nSPS) is 13.3. The lowest BCUT2D eigenvalue weighted by atomic mass is 10.1. The molecule has 2 nitrogen and oxygen atoms in total. The third kappa shape index (κ3) is 6.78. The number of allylic oxidation sites excluding steroid dienone is 6. The Morgan fingerprint density at radius 3 is 2.43 bits per heavy atom. The molecule has 0 spiro atoms. The van der Waals surface area contributed by atoms with Gasteiger partial charge in [-0.25, -0.2) is 4.79 Å². The van der Waals surface area contributed by atoms with Crippen LogP contribution in [-0.2, 0) is 9.53 Å². The van der Waals surface area contributed by atoms with E-state index in [2.05, 4.69) is 0 Å². The molecule has 0 saturated heterocycles. The molecule has 0 aliphatic rings. The van der Waals surface area contributed by atoms with Crippen LogP contribution in [0.5, 0.6) is 0 Å². The highest BCUT2D eigenvalue weighted by molar-refractivity contribution is 7.20. The number of hydrogen-bond donors (Lipinski definition) is 0. The SMILES string of the molecule is CCOC(=O)/C=C(C)/C=C/C=C(C)/C=C/c1c(Cl)sc(Cl)c1C. The molecule has 0 N–H and O–H groups in total.